The first-order valence-electron chi connectivity index (χ1n) is 6.06. The predicted octanol–water partition coefficient (Wildman–Crippen LogP) is -0.151. The smallest absolute Gasteiger partial charge is 0.271 e. The number of benzene rings is 1. The monoisotopic (exact) mass is 278 g/mol. The Morgan fingerprint density at radius 1 is 1.50 bits per heavy atom. The number of hydrogen-bond acceptors (Lipinski definition) is 4. The largest absolute Gasteiger partial charge is 0.366 e. The van der Waals surface area contributed by atoms with E-state index in [1.807, 2.05) is 0 Å². The van der Waals surface area contributed by atoms with E-state index in [4.69, 9.17) is 5.73 Å². The number of hydrogen-bond donors (Lipinski definition) is 4. The number of nitrogens with one attached hydrogen (secondary N) is 3. The summed E-state index contributed by atoms with van der Waals surface area (Å²) >= 11 is 0. The summed E-state index contributed by atoms with van der Waals surface area (Å²) in [7, 11) is 0. The van der Waals surface area contributed by atoms with E-state index in [-0.39, 0.29) is 5.70 Å². The van der Waals surface area contributed by atoms with Crippen LogP contribution in [-0.4, -0.2) is 17.9 Å². The molecule has 1 aliphatic rings. The van der Waals surface area contributed by atoms with Crippen molar-refractivity contribution in [2.24, 2.45) is 5.73 Å². The van der Waals surface area contributed by atoms with Gasteiger partial charge in [0.15, 0.2) is 0 Å². The fraction of sp³-hybridized carbons (Fsp3) is 0.231. The Morgan fingerprint density at radius 2 is 2.25 bits per heavy atom. The Hall–Kier alpha value is -2.41. The first-order chi connectivity index (χ1) is 9.47. The summed E-state index contributed by atoms with van der Waals surface area (Å²) in [5.41, 5.74) is 6.05. The van der Waals surface area contributed by atoms with Gasteiger partial charge < -0.3 is 21.7 Å². The predicted molar refractivity (Wildman–Crippen MR) is 70.3 cm³/mol. The molecule has 0 saturated heterocycles. The summed E-state index contributed by atoms with van der Waals surface area (Å²) in [5.74, 6) is -1.32. The number of halogens is 1. The second-order valence-corrected chi connectivity index (χ2v) is 4.46. The van der Waals surface area contributed by atoms with Crippen LogP contribution in [0.3, 0.4) is 0 Å². The molecule has 0 bridgehead atoms. The lowest BCUT2D eigenvalue weighted by Crippen LogP contribution is -2.48. The molecule has 0 saturated carbocycles. The highest BCUT2D eigenvalue weighted by Gasteiger charge is 2.23. The van der Waals surface area contributed by atoms with Crippen LogP contribution in [0.4, 0.5) is 4.39 Å². The van der Waals surface area contributed by atoms with Crippen molar-refractivity contribution in [1.82, 2.24) is 16.0 Å². The zero-order chi connectivity index (χ0) is 14.7. The maximum Gasteiger partial charge on any atom is 0.271 e. The molecule has 2 rings (SSSR count). The molecule has 20 heavy (non-hydrogen) atoms. The van der Waals surface area contributed by atoms with Gasteiger partial charge in [-0.1, -0.05) is 12.1 Å². The van der Waals surface area contributed by atoms with Gasteiger partial charge in [-0.05, 0) is 24.6 Å². The van der Waals surface area contributed by atoms with Crippen molar-refractivity contribution in [1.29, 1.82) is 0 Å². The van der Waals surface area contributed by atoms with Gasteiger partial charge >= 0.3 is 0 Å². The summed E-state index contributed by atoms with van der Waals surface area (Å²) in [6.45, 7) is 1.51. The Balaban J connectivity index is 2.09. The lowest BCUT2D eigenvalue weighted by molar-refractivity contribution is -0.125. The topological polar surface area (TPSA) is 96.2 Å². The lowest BCUT2D eigenvalue weighted by atomic mass is 10.1. The van der Waals surface area contributed by atoms with Crippen LogP contribution in [0.1, 0.15) is 18.7 Å². The summed E-state index contributed by atoms with van der Waals surface area (Å²) in [5, 5.41) is 7.88. The molecule has 1 aromatic rings. The Bertz CT molecular complexity index is 571. The summed E-state index contributed by atoms with van der Waals surface area (Å²) < 4.78 is 13.1. The van der Waals surface area contributed by atoms with Crippen molar-refractivity contribution in [2.45, 2.75) is 19.1 Å². The average molecular weight is 278 g/mol. The SMILES string of the molecule is CC(N)C(=O)NC1=CNC(c2cccc(F)c2)NC1=O. The van der Waals surface area contributed by atoms with Gasteiger partial charge in [0.2, 0.25) is 5.91 Å². The molecule has 0 aromatic heterocycles. The molecule has 0 radical (unpaired) electrons. The number of nitrogens with two attached hydrogens (primary N) is 1. The van der Waals surface area contributed by atoms with Crippen molar-refractivity contribution in [2.75, 3.05) is 0 Å². The van der Waals surface area contributed by atoms with Crippen LogP contribution >= 0.6 is 0 Å². The number of carbonyl (C=O) groups is 2. The summed E-state index contributed by atoms with van der Waals surface area (Å²) in [6.07, 6.45) is 0.823. The third-order valence-corrected chi connectivity index (χ3v) is 2.77. The molecule has 2 unspecified atom stereocenters. The second kappa shape index (κ2) is 5.70. The first-order valence-corrected chi connectivity index (χ1v) is 6.06. The molecule has 1 aromatic carbocycles. The molecular weight excluding hydrogens is 263 g/mol. The zero-order valence-electron chi connectivity index (χ0n) is 10.8. The quantitative estimate of drug-likeness (QED) is 0.618. The third kappa shape index (κ3) is 3.12. The Labute approximate surface area is 115 Å². The van der Waals surface area contributed by atoms with Gasteiger partial charge in [0, 0.05) is 6.20 Å². The number of amides is 2. The van der Waals surface area contributed by atoms with Crippen molar-refractivity contribution >= 4 is 11.8 Å². The maximum absolute atomic E-state index is 13.1. The van der Waals surface area contributed by atoms with Crippen LogP contribution in [0.5, 0.6) is 0 Å². The lowest BCUT2D eigenvalue weighted by Gasteiger charge is -2.25. The Morgan fingerprint density at radius 3 is 2.85 bits per heavy atom. The van der Waals surface area contributed by atoms with Crippen molar-refractivity contribution in [3.63, 3.8) is 0 Å². The van der Waals surface area contributed by atoms with Gasteiger partial charge in [0.1, 0.15) is 17.7 Å². The van der Waals surface area contributed by atoms with Crippen molar-refractivity contribution < 1.29 is 14.0 Å². The summed E-state index contributed by atoms with van der Waals surface area (Å²) in [4.78, 5) is 23.3. The average Bonchev–Trinajstić information content (AvgIpc) is 2.40. The summed E-state index contributed by atoms with van der Waals surface area (Å²) in [6, 6.07) is 5.15. The molecule has 1 heterocycles. The van der Waals surface area contributed by atoms with Crippen molar-refractivity contribution in [3.05, 3.63) is 47.5 Å². The van der Waals surface area contributed by atoms with E-state index in [1.165, 1.54) is 25.3 Å². The van der Waals surface area contributed by atoms with Crippen molar-refractivity contribution in [3.8, 4) is 0 Å². The number of rotatable bonds is 3. The van der Waals surface area contributed by atoms with Crippen LogP contribution in [0.15, 0.2) is 36.2 Å². The maximum atomic E-state index is 13.1. The van der Waals surface area contributed by atoms with E-state index in [9.17, 15) is 14.0 Å². The molecule has 0 aliphatic carbocycles. The van der Waals surface area contributed by atoms with E-state index in [0.29, 0.717) is 5.56 Å². The first kappa shape index (κ1) is 14.0. The molecule has 7 heteroatoms. The highest BCUT2D eigenvalue weighted by Crippen LogP contribution is 2.14. The molecule has 6 nitrogen and oxygen atoms in total. The van der Waals surface area contributed by atoms with E-state index < -0.39 is 29.8 Å². The fourth-order valence-electron chi connectivity index (χ4n) is 1.69. The van der Waals surface area contributed by atoms with Crippen LogP contribution in [0.25, 0.3) is 0 Å². The third-order valence-electron chi connectivity index (χ3n) is 2.77. The van der Waals surface area contributed by atoms with E-state index >= 15 is 0 Å². The van der Waals surface area contributed by atoms with Gasteiger partial charge in [-0.3, -0.25) is 9.59 Å². The van der Waals surface area contributed by atoms with Crippen LogP contribution in [-0.2, 0) is 9.59 Å². The Kier molecular flexibility index (Phi) is 3.99. The minimum Gasteiger partial charge on any atom is -0.366 e. The molecular formula is C13H15FN4O2. The second-order valence-electron chi connectivity index (χ2n) is 4.46. The normalized spacial score (nSPS) is 19.4. The van der Waals surface area contributed by atoms with E-state index in [0.717, 1.165) is 0 Å². The highest BCUT2D eigenvalue weighted by molar-refractivity contribution is 5.99. The van der Waals surface area contributed by atoms with Gasteiger partial charge in [-0.2, -0.15) is 0 Å². The molecule has 0 spiro atoms. The number of carbonyl (C=O) groups excluding carboxylic acids is 2. The molecule has 1 aliphatic heterocycles. The molecule has 2 amide bonds. The van der Waals surface area contributed by atoms with Crippen LogP contribution in [0.2, 0.25) is 0 Å². The minimum absolute atomic E-state index is 0.0694. The van der Waals surface area contributed by atoms with Gasteiger partial charge in [0.25, 0.3) is 5.91 Å². The highest BCUT2D eigenvalue weighted by atomic mass is 19.1. The molecule has 5 N–H and O–H groups in total. The zero-order valence-corrected chi connectivity index (χ0v) is 10.8. The van der Waals surface area contributed by atoms with Gasteiger partial charge in [-0.15, -0.1) is 0 Å². The molecule has 2 atom stereocenters. The molecule has 0 fully saturated rings. The van der Waals surface area contributed by atoms with Crippen LogP contribution < -0.4 is 21.7 Å². The fourth-order valence-corrected chi connectivity index (χ4v) is 1.69. The van der Waals surface area contributed by atoms with Gasteiger partial charge in [-0.25, -0.2) is 4.39 Å². The minimum atomic E-state index is -0.718. The van der Waals surface area contributed by atoms with Crippen LogP contribution in [0, 0.1) is 5.82 Å². The van der Waals surface area contributed by atoms with E-state index in [2.05, 4.69) is 16.0 Å². The van der Waals surface area contributed by atoms with Gasteiger partial charge in [0.05, 0.1) is 6.04 Å². The van der Waals surface area contributed by atoms with E-state index in [1.54, 1.807) is 12.1 Å². The standard InChI is InChI=1S/C13H15FN4O2/c1-7(15)12(19)17-10-6-16-11(18-13(10)20)8-3-2-4-9(14)5-8/h2-7,11,16H,15H2,1H3,(H,17,19)(H,18,20). The molecule has 106 valence electrons.